The molecular formula is C13H17ClN2OS. The van der Waals surface area contributed by atoms with Gasteiger partial charge in [0.25, 0.3) is 5.91 Å². The van der Waals surface area contributed by atoms with Crippen molar-refractivity contribution in [2.45, 2.75) is 31.3 Å². The maximum atomic E-state index is 12.4. The summed E-state index contributed by atoms with van der Waals surface area (Å²) in [5, 5.41) is 1.35. The number of halogens is 1. The predicted molar refractivity (Wildman–Crippen MR) is 76.4 cm³/mol. The summed E-state index contributed by atoms with van der Waals surface area (Å²) in [6, 6.07) is 3.44. The van der Waals surface area contributed by atoms with Crippen molar-refractivity contribution >= 4 is 29.3 Å². The molecule has 2 heterocycles. The van der Waals surface area contributed by atoms with Gasteiger partial charge >= 0.3 is 0 Å². The minimum Gasteiger partial charge on any atom is -0.336 e. The van der Waals surface area contributed by atoms with Crippen molar-refractivity contribution in [2.75, 3.05) is 13.1 Å². The van der Waals surface area contributed by atoms with E-state index in [0.29, 0.717) is 21.2 Å². The van der Waals surface area contributed by atoms with Crippen LogP contribution in [0.25, 0.3) is 0 Å². The number of rotatable bonds is 1. The lowest BCUT2D eigenvalue weighted by atomic mass is 10.2. The maximum Gasteiger partial charge on any atom is 0.254 e. The average molecular weight is 285 g/mol. The molecule has 0 bridgehead atoms. The second kappa shape index (κ2) is 5.49. The van der Waals surface area contributed by atoms with E-state index in [0.717, 1.165) is 18.8 Å². The monoisotopic (exact) mass is 284 g/mol. The molecule has 3 nitrogen and oxygen atoms in total. The molecule has 1 amide bonds. The number of aryl methyl sites for hydroxylation is 1. The standard InChI is InChI=1S/C13H17ClN2OS/c1-8-4-11(5-12(14)15-8)13(17)16-6-9(2)18-10(3)7-16/h4-5,9-10H,6-7H2,1-3H3. The van der Waals surface area contributed by atoms with Crippen LogP contribution >= 0.6 is 23.4 Å². The molecule has 0 spiro atoms. The molecule has 1 aliphatic rings. The molecule has 2 rings (SSSR count). The van der Waals surface area contributed by atoms with E-state index in [1.165, 1.54) is 0 Å². The van der Waals surface area contributed by atoms with E-state index in [1.807, 2.05) is 23.6 Å². The fraction of sp³-hybridized carbons (Fsp3) is 0.538. The van der Waals surface area contributed by atoms with Crippen molar-refractivity contribution in [1.29, 1.82) is 0 Å². The van der Waals surface area contributed by atoms with E-state index < -0.39 is 0 Å². The van der Waals surface area contributed by atoms with Crippen LogP contribution < -0.4 is 0 Å². The lowest BCUT2D eigenvalue weighted by Gasteiger charge is -2.34. The van der Waals surface area contributed by atoms with Gasteiger partial charge in [-0.15, -0.1) is 0 Å². The number of nitrogens with zero attached hydrogens (tertiary/aromatic N) is 2. The Labute approximate surface area is 117 Å². The van der Waals surface area contributed by atoms with Crippen molar-refractivity contribution in [2.24, 2.45) is 0 Å². The third-order valence-electron chi connectivity index (χ3n) is 2.88. The maximum absolute atomic E-state index is 12.4. The Balaban J connectivity index is 2.20. The van der Waals surface area contributed by atoms with Crippen molar-refractivity contribution in [1.82, 2.24) is 9.88 Å². The van der Waals surface area contributed by atoms with E-state index in [2.05, 4.69) is 18.8 Å². The number of aromatic nitrogens is 1. The van der Waals surface area contributed by atoms with Gasteiger partial charge in [-0.1, -0.05) is 25.4 Å². The van der Waals surface area contributed by atoms with Gasteiger partial charge < -0.3 is 4.90 Å². The number of carbonyl (C=O) groups is 1. The number of amides is 1. The highest BCUT2D eigenvalue weighted by Gasteiger charge is 2.26. The quantitative estimate of drug-likeness (QED) is 0.743. The van der Waals surface area contributed by atoms with Crippen LogP contribution in [0.5, 0.6) is 0 Å². The van der Waals surface area contributed by atoms with Crippen LogP contribution in [0.1, 0.15) is 29.9 Å². The second-order valence-corrected chi connectivity index (χ2v) is 7.06. The first-order valence-electron chi connectivity index (χ1n) is 6.04. The highest BCUT2D eigenvalue weighted by Crippen LogP contribution is 2.26. The SMILES string of the molecule is Cc1cc(C(=O)N2CC(C)SC(C)C2)cc(Cl)n1. The van der Waals surface area contributed by atoms with Crippen LogP contribution in [0.2, 0.25) is 5.15 Å². The molecule has 1 saturated heterocycles. The molecule has 2 unspecified atom stereocenters. The number of thioether (sulfide) groups is 1. The van der Waals surface area contributed by atoms with Gasteiger partial charge in [0.15, 0.2) is 0 Å². The third-order valence-corrected chi connectivity index (χ3v) is 4.30. The number of pyridine rings is 1. The summed E-state index contributed by atoms with van der Waals surface area (Å²) < 4.78 is 0. The molecule has 0 saturated carbocycles. The Bertz CT molecular complexity index is 436. The Morgan fingerprint density at radius 3 is 2.56 bits per heavy atom. The highest BCUT2D eigenvalue weighted by molar-refractivity contribution is 8.00. The van der Waals surface area contributed by atoms with E-state index >= 15 is 0 Å². The molecule has 98 valence electrons. The van der Waals surface area contributed by atoms with E-state index in [4.69, 9.17) is 11.6 Å². The van der Waals surface area contributed by atoms with Crippen LogP contribution in [0.3, 0.4) is 0 Å². The van der Waals surface area contributed by atoms with Gasteiger partial charge in [-0.3, -0.25) is 4.79 Å². The van der Waals surface area contributed by atoms with E-state index in [9.17, 15) is 4.79 Å². The summed E-state index contributed by atoms with van der Waals surface area (Å²) in [7, 11) is 0. The number of hydrogen-bond donors (Lipinski definition) is 0. The van der Waals surface area contributed by atoms with Gasteiger partial charge in [-0.25, -0.2) is 4.98 Å². The molecule has 0 aliphatic carbocycles. The minimum absolute atomic E-state index is 0.0569. The van der Waals surface area contributed by atoms with Gasteiger partial charge in [0.1, 0.15) is 5.15 Å². The summed E-state index contributed by atoms with van der Waals surface area (Å²) in [6.07, 6.45) is 0. The zero-order chi connectivity index (χ0) is 13.3. The second-order valence-electron chi connectivity index (χ2n) is 4.79. The summed E-state index contributed by atoms with van der Waals surface area (Å²) in [5.41, 5.74) is 1.41. The third kappa shape index (κ3) is 3.18. The molecule has 0 aromatic carbocycles. The molecule has 1 aliphatic heterocycles. The fourth-order valence-electron chi connectivity index (χ4n) is 2.28. The Hall–Kier alpha value is -0.740. The molecule has 1 aromatic rings. The summed E-state index contributed by atoms with van der Waals surface area (Å²) in [5.74, 6) is 0.0569. The smallest absolute Gasteiger partial charge is 0.254 e. The molecule has 1 fully saturated rings. The van der Waals surface area contributed by atoms with Crippen LogP contribution in [0.15, 0.2) is 12.1 Å². The molecule has 0 N–H and O–H groups in total. The lowest BCUT2D eigenvalue weighted by Crippen LogP contribution is -2.44. The predicted octanol–water partition coefficient (Wildman–Crippen LogP) is 3.01. The molecule has 0 radical (unpaired) electrons. The molecule has 5 heteroatoms. The van der Waals surface area contributed by atoms with Gasteiger partial charge in [-0.2, -0.15) is 11.8 Å². The van der Waals surface area contributed by atoms with Crippen molar-refractivity contribution in [3.05, 3.63) is 28.5 Å². The van der Waals surface area contributed by atoms with Gasteiger partial charge in [0.2, 0.25) is 0 Å². The minimum atomic E-state index is 0.0569. The zero-order valence-corrected chi connectivity index (χ0v) is 12.4. The number of carbonyl (C=O) groups excluding carboxylic acids is 1. The Kier molecular flexibility index (Phi) is 4.17. The van der Waals surface area contributed by atoms with Crippen LogP contribution in [-0.2, 0) is 0 Å². The first-order valence-corrected chi connectivity index (χ1v) is 7.36. The van der Waals surface area contributed by atoms with Crippen LogP contribution in [0, 0.1) is 6.92 Å². The average Bonchev–Trinajstić information content (AvgIpc) is 2.25. The highest BCUT2D eigenvalue weighted by atomic mass is 35.5. The van der Waals surface area contributed by atoms with Crippen molar-refractivity contribution in [3.63, 3.8) is 0 Å². The normalized spacial score (nSPS) is 24.1. The van der Waals surface area contributed by atoms with Crippen LogP contribution in [-0.4, -0.2) is 39.4 Å². The molecule has 18 heavy (non-hydrogen) atoms. The van der Waals surface area contributed by atoms with Gasteiger partial charge in [0.05, 0.1) is 0 Å². The first kappa shape index (κ1) is 13.7. The topological polar surface area (TPSA) is 33.2 Å². The summed E-state index contributed by atoms with van der Waals surface area (Å²) in [6.45, 7) is 7.76. The lowest BCUT2D eigenvalue weighted by molar-refractivity contribution is 0.0753. The fourth-order valence-corrected chi connectivity index (χ4v) is 3.85. The van der Waals surface area contributed by atoms with Crippen LogP contribution in [0.4, 0.5) is 0 Å². The Morgan fingerprint density at radius 2 is 2.00 bits per heavy atom. The molecular weight excluding hydrogens is 268 g/mol. The summed E-state index contributed by atoms with van der Waals surface area (Å²) >= 11 is 7.84. The largest absolute Gasteiger partial charge is 0.336 e. The van der Waals surface area contributed by atoms with Gasteiger partial charge in [0, 0.05) is 34.8 Å². The van der Waals surface area contributed by atoms with E-state index in [-0.39, 0.29) is 5.91 Å². The zero-order valence-electron chi connectivity index (χ0n) is 10.8. The molecule has 2 atom stereocenters. The van der Waals surface area contributed by atoms with E-state index in [1.54, 1.807) is 12.1 Å². The first-order chi connectivity index (χ1) is 8.45. The molecule has 1 aromatic heterocycles. The number of hydrogen-bond acceptors (Lipinski definition) is 3. The van der Waals surface area contributed by atoms with Crippen molar-refractivity contribution < 1.29 is 4.79 Å². The summed E-state index contributed by atoms with van der Waals surface area (Å²) in [4.78, 5) is 18.4. The Morgan fingerprint density at radius 1 is 1.39 bits per heavy atom. The van der Waals surface area contributed by atoms with Crippen molar-refractivity contribution in [3.8, 4) is 0 Å². The van der Waals surface area contributed by atoms with Gasteiger partial charge in [-0.05, 0) is 19.1 Å².